The van der Waals surface area contributed by atoms with Gasteiger partial charge in [0.25, 0.3) is 0 Å². The van der Waals surface area contributed by atoms with Crippen molar-refractivity contribution in [2.24, 2.45) is 13.0 Å². The molecule has 3 heterocycles. The summed E-state index contributed by atoms with van der Waals surface area (Å²) in [4.78, 5) is 16.5. The van der Waals surface area contributed by atoms with Gasteiger partial charge in [0, 0.05) is 42.7 Å². The molecule has 0 bridgehead atoms. The number of rotatable bonds is 5. The number of amides is 1. The summed E-state index contributed by atoms with van der Waals surface area (Å²) in [5, 5.41) is 20.9. The van der Waals surface area contributed by atoms with Crippen LogP contribution in [0.15, 0.2) is 29.9 Å². The molecule has 152 valence electrons. The van der Waals surface area contributed by atoms with Crippen molar-refractivity contribution in [1.82, 2.24) is 20.0 Å². The van der Waals surface area contributed by atoms with E-state index in [0.29, 0.717) is 6.42 Å². The number of nitrogens with one attached hydrogen (secondary N) is 1. The topological polar surface area (TPSA) is 70.4 Å². The highest BCUT2D eigenvalue weighted by molar-refractivity contribution is 7.10. The fourth-order valence-corrected chi connectivity index (χ4v) is 5.57. The molecule has 1 aliphatic heterocycles. The van der Waals surface area contributed by atoms with Crippen molar-refractivity contribution in [3.63, 3.8) is 0 Å². The molecule has 2 N–H and O–H groups in total. The Hall–Kier alpha value is -1.70. The summed E-state index contributed by atoms with van der Waals surface area (Å²) >= 11 is 1.69. The predicted molar refractivity (Wildman–Crippen MR) is 110 cm³/mol. The Bertz CT molecular complexity index is 795. The summed E-state index contributed by atoms with van der Waals surface area (Å²) in [7, 11) is 1.92. The van der Waals surface area contributed by atoms with Crippen LogP contribution in [0.3, 0.4) is 0 Å². The second-order valence-corrected chi connectivity index (χ2v) is 9.51. The van der Waals surface area contributed by atoms with Gasteiger partial charge in [0.05, 0.1) is 23.9 Å². The molecule has 2 aromatic heterocycles. The lowest BCUT2D eigenvalue weighted by Gasteiger charge is -2.49. The fourth-order valence-electron chi connectivity index (χ4n) is 4.68. The van der Waals surface area contributed by atoms with Crippen molar-refractivity contribution in [2.45, 2.75) is 63.3 Å². The average molecular weight is 403 g/mol. The second kappa shape index (κ2) is 7.97. The number of piperidine rings is 1. The van der Waals surface area contributed by atoms with Gasteiger partial charge < -0.3 is 10.4 Å². The Balaban J connectivity index is 1.61. The molecule has 0 radical (unpaired) electrons. The lowest BCUT2D eigenvalue weighted by atomic mass is 9.81. The standard InChI is InChI=1S/C21H30N4O2S/c1-21(27)9-10-25(14-15-12-22-24(2)13-15)18(17-8-5-11-28-17)19(21)23-20(26)16-6-3-4-7-16/h5,8,11-13,16,18-19,27H,3-4,6-7,9-10,14H2,1-2H3,(H,23,26)/t18-,19-,21+/m0/s1. The van der Waals surface area contributed by atoms with Crippen molar-refractivity contribution < 1.29 is 9.90 Å². The van der Waals surface area contributed by atoms with E-state index in [1.165, 1.54) is 4.88 Å². The molecule has 4 rings (SSSR count). The van der Waals surface area contributed by atoms with Gasteiger partial charge in [-0.3, -0.25) is 14.4 Å². The van der Waals surface area contributed by atoms with Gasteiger partial charge >= 0.3 is 0 Å². The fraction of sp³-hybridized carbons (Fsp3) is 0.619. The van der Waals surface area contributed by atoms with E-state index in [0.717, 1.165) is 44.3 Å². The zero-order chi connectivity index (χ0) is 19.7. The Labute approximate surface area is 170 Å². The van der Waals surface area contributed by atoms with Crippen LogP contribution in [0.2, 0.25) is 0 Å². The third kappa shape index (κ3) is 4.02. The lowest BCUT2D eigenvalue weighted by Crippen LogP contribution is -2.62. The van der Waals surface area contributed by atoms with Crippen LogP contribution in [0.5, 0.6) is 0 Å². The number of carbonyl (C=O) groups excluding carboxylic acids is 1. The highest BCUT2D eigenvalue weighted by Crippen LogP contribution is 2.40. The molecular formula is C21H30N4O2S. The number of aryl methyl sites for hydroxylation is 1. The minimum atomic E-state index is -0.936. The Morgan fingerprint density at radius 3 is 2.86 bits per heavy atom. The third-order valence-corrected chi connectivity index (χ3v) is 7.23. The van der Waals surface area contributed by atoms with Crippen LogP contribution in [0.25, 0.3) is 0 Å². The second-order valence-electron chi connectivity index (χ2n) is 8.53. The molecule has 2 fully saturated rings. The number of nitrogens with zero attached hydrogens (tertiary/aromatic N) is 3. The maximum absolute atomic E-state index is 12.9. The van der Waals surface area contributed by atoms with Gasteiger partial charge in [-0.05, 0) is 37.6 Å². The van der Waals surface area contributed by atoms with E-state index < -0.39 is 5.60 Å². The van der Waals surface area contributed by atoms with E-state index >= 15 is 0 Å². The highest BCUT2D eigenvalue weighted by Gasteiger charge is 2.47. The van der Waals surface area contributed by atoms with Crippen LogP contribution in [0, 0.1) is 5.92 Å². The van der Waals surface area contributed by atoms with Crippen LogP contribution in [-0.2, 0) is 18.4 Å². The predicted octanol–water partition coefficient (Wildman–Crippen LogP) is 2.85. The van der Waals surface area contributed by atoms with Gasteiger partial charge in [-0.2, -0.15) is 5.10 Å². The summed E-state index contributed by atoms with van der Waals surface area (Å²) in [6.45, 7) is 3.40. The number of aromatic nitrogens is 2. The molecular weight excluding hydrogens is 372 g/mol. The van der Waals surface area contributed by atoms with E-state index in [4.69, 9.17) is 0 Å². The number of aliphatic hydroxyl groups is 1. The minimum absolute atomic E-state index is 0.0469. The Kier molecular flexibility index (Phi) is 5.58. The van der Waals surface area contributed by atoms with Crippen LogP contribution in [0.4, 0.5) is 0 Å². The molecule has 3 atom stereocenters. The Morgan fingerprint density at radius 2 is 2.21 bits per heavy atom. The number of carbonyl (C=O) groups is 1. The zero-order valence-electron chi connectivity index (χ0n) is 16.7. The minimum Gasteiger partial charge on any atom is -0.388 e. The summed E-state index contributed by atoms with van der Waals surface area (Å²) in [6, 6.07) is 3.78. The maximum atomic E-state index is 12.9. The first-order chi connectivity index (χ1) is 13.4. The third-order valence-electron chi connectivity index (χ3n) is 6.29. The first kappa shape index (κ1) is 19.6. The molecule has 2 aliphatic rings. The van der Waals surface area contributed by atoms with Crippen LogP contribution in [-0.4, -0.2) is 43.9 Å². The van der Waals surface area contributed by atoms with E-state index in [2.05, 4.69) is 26.8 Å². The van der Waals surface area contributed by atoms with Gasteiger partial charge in [0.1, 0.15) is 0 Å². The quantitative estimate of drug-likeness (QED) is 0.807. The van der Waals surface area contributed by atoms with Crippen LogP contribution < -0.4 is 5.32 Å². The van der Waals surface area contributed by atoms with Gasteiger partial charge in [-0.1, -0.05) is 18.9 Å². The summed E-state index contributed by atoms with van der Waals surface area (Å²) in [5.41, 5.74) is 0.209. The van der Waals surface area contributed by atoms with E-state index in [-0.39, 0.29) is 23.9 Å². The normalized spacial score (nSPS) is 29.2. The van der Waals surface area contributed by atoms with Crippen molar-refractivity contribution >= 4 is 17.2 Å². The Morgan fingerprint density at radius 1 is 1.43 bits per heavy atom. The first-order valence-corrected chi connectivity index (χ1v) is 11.1. The molecule has 0 unspecified atom stereocenters. The van der Waals surface area contributed by atoms with E-state index in [1.807, 2.05) is 37.1 Å². The number of likely N-dealkylation sites (tertiary alicyclic amines) is 1. The molecule has 0 spiro atoms. The zero-order valence-corrected chi connectivity index (χ0v) is 17.5. The van der Waals surface area contributed by atoms with Crippen molar-refractivity contribution in [1.29, 1.82) is 0 Å². The summed E-state index contributed by atoms with van der Waals surface area (Å²) < 4.78 is 1.81. The van der Waals surface area contributed by atoms with Gasteiger partial charge in [-0.15, -0.1) is 11.3 Å². The van der Waals surface area contributed by atoms with Crippen molar-refractivity contribution in [3.8, 4) is 0 Å². The average Bonchev–Trinajstić information content (AvgIpc) is 3.41. The summed E-state index contributed by atoms with van der Waals surface area (Å²) in [6.07, 6.45) is 8.73. The smallest absolute Gasteiger partial charge is 0.223 e. The van der Waals surface area contributed by atoms with Crippen LogP contribution in [0.1, 0.15) is 55.5 Å². The molecule has 2 aromatic rings. The van der Waals surface area contributed by atoms with Gasteiger partial charge in [0.2, 0.25) is 5.91 Å². The highest BCUT2D eigenvalue weighted by atomic mass is 32.1. The van der Waals surface area contributed by atoms with E-state index in [1.54, 1.807) is 11.3 Å². The molecule has 1 aliphatic carbocycles. The lowest BCUT2D eigenvalue weighted by molar-refractivity contribution is -0.132. The molecule has 7 heteroatoms. The molecule has 1 saturated carbocycles. The number of thiophene rings is 1. The molecule has 1 amide bonds. The number of hydrogen-bond acceptors (Lipinski definition) is 5. The molecule has 1 saturated heterocycles. The van der Waals surface area contributed by atoms with Crippen molar-refractivity contribution in [3.05, 3.63) is 40.3 Å². The number of hydrogen-bond donors (Lipinski definition) is 2. The van der Waals surface area contributed by atoms with Gasteiger partial charge in [0.15, 0.2) is 0 Å². The van der Waals surface area contributed by atoms with E-state index in [9.17, 15) is 9.90 Å². The van der Waals surface area contributed by atoms with Crippen molar-refractivity contribution in [2.75, 3.05) is 6.54 Å². The molecule has 6 nitrogen and oxygen atoms in total. The maximum Gasteiger partial charge on any atom is 0.223 e. The first-order valence-electron chi connectivity index (χ1n) is 10.2. The monoisotopic (exact) mass is 402 g/mol. The summed E-state index contributed by atoms with van der Waals surface area (Å²) in [5.74, 6) is 0.195. The van der Waals surface area contributed by atoms with Crippen LogP contribution >= 0.6 is 11.3 Å². The molecule has 28 heavy (non-hydrogen) atoms. The largest absolute Gasteiger partial charge is 0.388 e. The SMILES string of the molecule is Cn1cc(CN2CC[C@@](C)(O)[C@@H](NC(=O)C3CCCC3)[C@@H]2c2cccs2)cn1. The molecule has 0 aromatic carbocycles. The van der Waals surface area contributed by atoms with Gasteiger partial charge in [-0.25, -0.2) is 0 Å².